The largest absolute Gasteiger partial charge is 0.347 e. The predicted molar refractivity (Wildman–Crippen MR) is 106 cm³/mol. The van der Waals surface area contributed by atoms with Crippen LogP contribution in [-0.4, -0.2) is 50.9 Å². The summed E-state index contributed by atoms with van der Waals surface area (Å²) in [6.07, 6.45) is 0. The Labute approximate surface area is 167 Å². The Morgan fingerprint density at radius 2 is 1.83 bits per heavy atom. The predicted octanol–water partition coefficient (Wildman–Crippen LogP) is 2.27. The van der Waals surface area contributed by atoms with Crippen LogP contribution < -0.4 is 5.32 Å². The number of carbonyl (C=O) groups is 2. The van der Waals surface area contributed by atoms with Crippen molar-refractivity contribution in [3.63, 3.8) is 0 Å². The van der Waals surface area contributed by atoms with Crippen molar-refractivity contribution < 1.29 is 14.0 Å². The lowest BCUT2D eigenvalue weighted by atomic mass is 10.2. The van der Waals surface area contributed by atoms with Gasteiger partial charge in [-0.05, 0) is 29.8 Å². The molecule has 1 fully saturated rings. The Morgan fingerprint density at radius 3 is 2.59 bits per heavy atom. The number of urea groups is 1. The fourth-order valence-electron chi connectivity index (χ4n) is 3.50. The molecule has 0 radical (unpaired) electrons. The molecular formula is C21H22FN5O2. The maximum absolute atomic E-state index is 13.0. The van der Waals surface area contributed by atoms with Crippen LogP contribution in [0.4, 0.5) is 9.18 Å². The van der Waals surface area contributed by atoms with Crippen molar-refractivity contribution in [2.24, 2.45) is 7.05 Å². The summed E-state index contributed by atoms with van der Waals surface area (Å²) < 4.78 is 15.0. The van der Waals surface area contributed by atoms with Gasteiger partial charge in [0, 0.05) is 26.7 Å². The maximum Gasteiger partial charge on any atom is 0.320 e. The number of nitrogens with zero attached hydrogens (tertiary/aromatic N) is 4. The van der Waals surface area contributed by atoms with Crippen LogP contribution in [0.25, 0.3) is 11.0 Å². The number of hydrogen-bond acceptors (Lipinski definition) is 3. The highest BCUT2D eigenvalue weighted by Gasteiger charge is 2.29. The van der Waals surface area contributed by atoms with E-state index in [1.54, 1.807) is 17.0 Å². The Morgan fingerprint density at radius 1 is 1.10 bits per heavy atom. The summed E-state index contributed by atoms with van der Waals surface area (Å²) in [5.74, 6) is 0.222. The molecule has 7 nitrogen and oxygen atoms in total. The number of fused-ring (bicyclic) bond motifs is 1. The molecule has 2 aromatic carbocycles. The highest BCUT2D eigenvalue weighted by molar-refractivity contribution is 5.85. The van der Waals surface area contributed by atoms with E-state index >= 15 is 0 Å². The first-order chi connectivity index (χ1) is 14.0. The third kappa shape index (κ3) is 4.06. The van der Waals surface area contributed by atoms with Crippen molar-refractivity contribution in [2.75, 3.05) is 19.6 Å². The number of rotatable bonds is 6. The van der Waals surface area contributed by atoms with E-state index in [2.05, 4.69) is 10.3 Å². The van der Waals surface area contributed by atoms with Crippen LogP contribution in [0.5, 0.6) is 0 Å². The standard InChI is InChI=1S/C21H22FN5O2/c1-25-18-5-3-2-4-17(18)24-19(25)12-23-20(28)14-27-11-10-26(21(27)29)13-15-6-8-16(22)9-7-15/h2-9H,10-14H2,1H3,(H,23,28). The molecule has 0 bridgehead atoms. The number of hydrogen-bond donors (Lipinski definition) is 1. The van der Waals surface area contributed by atoms with E-state index in [4.69, 9.17) is 0 Å². The fraction of sp³-hybridized carbons (Fsp3) is 0.286. The molecule has 1 saturated heterocycles. The van der Waals surface area contributed by atoms with E-state index in [9.17, 15) is 14.0 Å². The van der Waals surface area contributed by atoms with Crippen molar-refractivity contribution >= 4 is 23.0 Å². The van der Waals surface area contributed by atoms with Gasteiger partial charge >= 0.3 is 6.03 Å². The number of aromatic nitrogens is 2. The zero-order chi connectivity index (χ0) is 20.4. The molecule has 1 aliphatic rings. The first-order valence-corrected chi connectivity index (χ1v) is 9.46. The topological polar surface area (TPSA) is 70.5 Å². The molecule has 1 N–H and O–H groups in total. The number of benzene rings is 2. The summed E-state index contributed by atoms with van der Waals surface area (Å²) in [6.45, 7) is 1.72. The summed E-state index contributed by atoms with van der Waals surface area (Å²) in [5, 5.41) is 2.84. The molecule has 4 rings (SSSR count). The van der Waals surface area contributed by atoms with E-state index in [1.807, 2.05) is 35.9 Å². The summed E-state index contributed by atoms with van der Waals surface area (Å²) in [7, 11) is 1.91. The van der Waals surface area contributed by atoms with Gasteiger partial charge in [-0.15, -0.1) is 0 Å². The Balaban J connectivity index is 1.31. The molecule has 1 aromatic heterocycles. The summed E-state index contributed by atoms with van der Waals surface area (Å²) >= 11 is 0. The van der Waals surface area contributed by atoms with E-state index in [-0.39, 0.29) is 24.3 Å². The molecule has 0 saturated carbocycles. The number of amides is 3. The first kappa shape index (κ1) is 18.9. The molecule has 2 heterocycles. The fourth-order valence-corrected chi connectivity index (χ4v) is 3.50. The van der Waals surface area contributed by atoms with Gasteiger partial charge in [0.15, 0.2) is 0 Å². The molecule has 150 valence electrons. The Hall–Kier alpha value is -3.42. The highest BCUT2D eigenvalue weighted by atomic mass is 19.1. The molecular weight excluding hydrogens is 373 g/mol. The molecule has 29 heavy (non-hydrogen) atoms. The second kappa shape index (κ2) is 7.90. The number of halogens is 1. The highest BCUT2D eigenvalue weighted by Crippen LogP contribution is 2.15. The average molecular weight is 395 g/mol. The van der Waals surface area contributed by atoms with Crippen LogP contribution in [0, 0.1) is 5.82 Å². The minimum atomic E-state index is -0.305. The third-order valence-corrected chi connectivity index (χ3v) is 5.13. The van der Waals surface area contributed by atoms with Gasteiger partial charge < -0.3 is 19.7 Å². The summed E-state index contributed by atoms with van der Waals surface area (Å²) in [6, 6.07) is 13.7. The smallest absolute Gasteiger partial charge is 0.320 e. The number of carbonyl (C=O) groups excluding carboxylic acids is 2. The van der Waals surface area contributed by atoms with Gasteiger partial charge in [-0.1, -0.05) is 24.3 Å². The van der Waals surface area contributed by atoms with Gasteiger partial charge in [-0.3, -0.25) is 4.79 Å². The van der Waals surface area contributed by atoms with E-state index < -0.39 is 0 Å². The second-order valence-corrected chi connectivity index (χ2v) is 7.10. The maximum atomic E-state index is 13.0. The number of imidazole rings is 1. The number of para-hydroxylation sites is 2. The molecule has 0 atom stereocenters. The SMILES string of the molecule is Cn1c(CNC(=O)CN2CCN(Cc3ccc(F)cc3)C2=O)nc2ccccc21. The second-order valence-electron chi connectivity index (χ2n) is 7.10. The molecule has 3 amide bonds. The zero-order valence-corrected chi connectivity index (χ0v) is 16.1. The van der Waals surface area contributed by atoms with Gasteiger partial charge in [0.2, 0.25) is 5.91 Å². The number of aryl methyl sites for hydroxylation is 1. The van der Waals surface area contributed by atoms with E-state index in [1.165, 1.54) is 17.0 Å². The van der Waals surface area contributed by atoms with Gasteiger partial charge in [0.05, 0.1) is 17.6 Å². The lowest BCUT2D eigenvalue weighted by molar-refractivity contribution is -0.121. The van der Waals surface area contributed by atoms with E-state index in [0.717, 1.165) is 22.4 Å². The van der Waals surface area contributed by atoms with Crippen LogP contribution in [0.2, 0.25) is 0 Å². The van der Waals surface area contributed by atoms with Gasteiger partial charge in [0.25, 0.3) is 0 Å². The van der Waals surface area contributed by atoms with Crippen LogP contribution in [-0.2, 0) is 24.9 Å². The lowest BCUT2D eigenvalue weighted by Crippen LogP contribution is -2.39. The first-order valence-electron chi connectivity index (χ1n) is 9.46. The Kier molecular flexibility index (Phi) is 5.16. The van der Waals surface area contributed by atoms with Crippen molar-refractivity contribution in [3.8, 4) is 0 Å². The molecule has 3 aromatic rings. The van der Waals surface area contributed by atoms with Crippen LogP contribution in [0.3, 0.4) is 0 Å². The number of nitrogens with one attached hydrogen (secondary N) is 1. The summed E-state index contributed by atoms with van der Waals surface area (Å²) in [4.78, 5) is 32.6. The van der Waals surface area contributed by atoms with Crippen LogP contribution in [0.15, 0.2) is 48.5 Å². The van der Waals surface area contributed by atoms with Crippen molar-refractivity contribution in [1.29, 1.82) is 0 Å². The quantitative estimate of drug-likeness (QED) is 0.696. The molecule has 0 aliphatic carbocycles. The molecule has 1 aliphatic heterocycles. The van der Waals surface area contributed by atoms with Crippen LogP contribution in [0.1, 0.15) is 11.4 Å². The third-order valence-electron chi connectivity index (χ3n) is 5.13. The van der Waals surface area contributed by atoms with Gasteiger partial charge in [-0.2, -0.15) is 0 Å². The van der Waals surface area contributed by atoms with Crippen molar-refractivity contribution in [1.82, 2.24) is 24.7 Å². The summed E-state index contributed by atoms with van der Waals surface area (Å²) in [5.41, 5.74) is 2.74. The van der Waals surface area contributed by atoms with Gasteiger partial charge in [0.1, 0.15) is 18.2 Å². The van der Waals surface area contributed by atoms with Crippen LogP contribution >= 0.6 is 0 Å². The molecule has 0 unspecified atom stereocenters. The minimum absolute atomic E-state index is 0.00267. The average Bonchev–Trinajstić information content (AvgIpc) is 3.22. The lowest BCUT2D eigenvalue weighted by Gasteiger charge is -2.18. The van der Waals surface area contributed by atoms with Gasteiger partial charge in [-0.25, -0.2) is 14.2 Å². The molecule has 8 heteroatoms. The Bertz CT molecular complexity index is 1050. The monoisotopic (exact) mass is 395 g/mol. The zero-order valence-electron chi connectivity index (χ0n) is 16.1. The van der Waals surface area contributed by atoms with Crippen molar-refractivity contribution in [2.45, 2.75) is 13.1 Å². The molecule has 0 spiro atoms. The minimum Gasteiger partial charge on any atom is -0.347 e. The normalized spacial score (nSPS) is 14.1. The van der Waals surface area contributed by atoms with Crippen molar-refractivity contribution in [3.05, 3.63) is 65.7 Å². The van der Waals surface area contributed by atoms with E-state index in [0.29, 0.717) is 26.2 Å².